The number of carbonyl (C=O) groups is 2. The first-order valence-electron chi connectivity index (χ1n) is 8.48. The lowest BCUT2D eigenvalue weighted by Gasteiger charge is -2.32. The molecule has 4 aromatic rings. The maximum Gasteiger partial charge on any atom is 0.266 e. The van der Waals surface area contributed by atoms with Gasteiger partial charge in [0.25, 0.3) is 5.56 Å². The van der Waals surface area contributed by atoms with E-state index in [1.165, 1.54) is 24.8 Å². The highest BCUT2D eigenvalue weighted by atomic mass is 16.1. The number of hydrogen-bond acceptors (Lipinski definition) is 5. The number of aromatic amines is 1. The van der Waals surface area contributed by atoms with Crippen molar-refractivity contribution in [3.05, 3.63) is 45.9 Å². The number of ketones is 2. The first kappa shape index (κ1) is 14.3. The van der Waals surface area contributed by atoms with E-state index in [1.54, 1.807) is 0 Å². The molecule has 124 valence electrons. The minimum atomic E-state index is -0.320. The summed E-state index contributed by atoms with van der Waals surface area (Å²) < 4.78 is 0. The highest BCUT2D eigenvalue weighted by molar-refractivity contribution is 6.35. The molecule has 6 nitrogen and oxygen atoms in total. The van der Waals surface area contributed by atoms with Crippen molar-refractivity contribution in [2.45, 2.75) is 19.3 Å². The second kappa shape index (κ2) is 4.99. The zero-order valence-corrected chi connectivity index (χ0v) is 13.5. The second-order valence-corrected chi connectivity index (χ2v) is 6.65. The standard InChI is InChI=1S/C19H15N3O3/c23-12-4-5-13(24)17-15(12)10-8-11(22-6-2-1-3-7-22)16(17)19-18(10)21-14(25)9-20-19/h4-5,8-9H,1-3,6-7H2,(H,21,25). The van der Waals surface area contributed by atoms with E-state index in [1.807, 2.05) is 6.07 Å². The Morgan fingerprint density at radius 3 is 2.44 bits per heavy atom. The topological polar surface area (TPSA) is 83.1 Å². The SMILES string of the molecule is O=C1C=CC(=O)c2c1c1cc(N3CCCCC3)c2c2ncc(=O)[nH]c12. The highest BCUT2D eigenvalue weighted by Crippen LogP contribution is 2.42. The molecule has 2 bridgehead atoms. The highest BCUT2D eigenvalue weighted by Gasteiger charge is 2.31. The van der Waals surface area contributed by atoms with Crippen LogP contribution in [0.4, 0.5) is 5.69 Å². The molecular formula is C19H15N3O3. The number of rotatable bonds is 1. The van der Waals surface area contributed by atoms with E-state index in [2.05, 4.69) is 14.9 Å². The lowest BCUT2D eigenvalue weighted by Crippen LogP contribution is -2.30. The van der Waals surface area contributed by atoms with Gasteiger partial charge in [-0.05, 0) is 37.5 Å². The summed E-state index contributed by atoms with van der Waals surface area (Å²) in [5.74, 6) is -0.380. The average Bonchev–Trinajstić information content (AvgIpc) is 2.65. The molecule has 1 fully saturated rings. The molecule has 1 aliphatic carbocycles. The molecule has 25 heavy (non-hydrogen) atoms. The van der Waals surface area contributed by atoms with Gasteiger partial charge in [0.05, 0.1) is 17.2 Å². The minimum Gasteiger partial charge on any atom is -0.371 e. The number of carbonyl (C=O) groups excluding carboxylic acids is 2. The molecule has 1 N–H and O–H groups in total. The normalized spacial score (nSPS) is 17.7. The van der Waals surface area contributed by atoms with Crippen LogP contribution < -0.4 is 10.5 Å². The average molecular weight is 333 g/mol. The minimum absolute atomic E-state index is 0.177. The third kappa shape index (κ3) is 1.91. The number of aromatic nitrogens is 2. The summed E-state index contributed by atoms with van der Waals surface area (Å²) >= 11 is 0. The van der Waals surface area contributed by atoms with E-state index in [0.717, 1.165) is 31.6 Å². The predicted octanol–water partition coefficient (Wildman–Crippen LogP) is 2.44. The molecule has 0 saturated carbocycles. The van der Waals surface area contributed by atoms with Crippen LogP contribution in [-0.4, -0.2) is 34.6 Å². The molecule has 6 heteroatoms. The van der Waals surface area contributed by atoms with Gasteiger partial charge in [-0.15, -0.1) is 0 Å². The van der Waals surface area contributed by atoms with Crippen LogP contribution in [-0.2, 0) is 0 Å². The molecule has 0 radical (unpaired) electrons. The predicted molar refractivity (Wildman–Crippen MR) is 94.9 cm³/mol. The third-order valence-electron chi connectivity index (χ3n) is 5.18. The number of allylic oxidation sites excluding steroid dienone is 2. The van der Waals surface area contributed by atoms with Gasteiger partial charge in [-0.25, -0.2) is 4.98 Å². The molecule has 0 spiro atoms. The summed E-state index contributed by atoms with van der Waals surface area (Å²) in [5, 5.41) is 1.29. The van der Waals surface area contributed by atoms with Crippen molar-refractivity contribution in [2.24, 2.45) is 0 Å². The van der Waals surface area contributed by atoms with E-state index < -0.39 is 0 Å². The molecule has 0 amide bonds. The van der Waals surface area contributed by atoms with Gasteiger partial charge in [-0.1, -0.05) is 0 Å². The molecule has 0 unspecified atom stereocenters. The Morgan fingerprint density at radius 2 is 1.68 bits per heavy atom. The summed E-state index contributed by atoms with van der Waals surface area (Å²) in [6.07, 6.45) is 7.26. The van der Waals surface area contributed by atoms with Crippen molar-refractivity contribution in [3.8, 4) is 0 Å². The van der Waals surface area contributed by atoms with Gasteiger partial charge < -0.3 is 9.88 Å². The molecule has 2 aliphatic rings. The molecule has 2 heterocycles. The van der Waals surface area contributed by atoms with E-state index in [4.69, 9.17) is 0 Å². The van der Waals surface area contributed by atoms with Gasteiger partial charge in [0.15, 0.2) is 11.6 Å². The number of benzene rings is 3. The van der Waals surface area contributed by atoms with E-state index in [-0.39, 0.29) is 17.1 Å². The first-order chi connectivity index (χ1) is 12.1. The lowest BCUT2D eigenvalue weighted by molar-refractivity contribution is 0.0996. The molecule has 1 aliphatic heterocycles. The van der Waals surface area contributed by atoms with Crippen LogP contribution in [0.2, 0.25) is 0 Å². The smallest absolute Gasteiger partial charge is 0.266 e. The Bertz CT molecular complexity index is 1140. The van der Waals surface area contributed by atoms with Gasteiger partial charge in [0, 0.05) is 40.7 Å². The van der Waals surface area contributed by atoms with Gasteiger partial charge >= 0.3 is 0 Å². The van der Waals surface area contributed by atoms with Crippen LogP contribution >= 0.6 is 0 Å². The van der Waals surface area contributed by atoms with E-state index in [9.17, 15) is 14.4 Å². The zero-order valence-electron chi connectivity index (χ0n) is 13.5. The number of nitrogens with zero attached hydrogens (tertiary/aromatic N) is 2. The number of H-pyrrole nitrogens is 1. The Kier molecular flexibility index (Phi) is 2.86. The van der Waals surface area contributed by atoms with Gasteiger partial charge in [0.1, 0.15) is 0 Å². The molecule has 1 aromatic heterocycles. The quantitative estimate of drug-likeness (QED) is 0.739. The van der Waals surface area contributed by atoms with Crippen molar-refractivity contribution < 1.29 is 9.59 Å². The summed E-state index contributed by atoms with van der Waals surface area (Å²) in [4.78, 5) is 46.2. The number of fused-ring (bicyclic) bond motifs is 1. The fourth-order valence-corrected chi connectivity index (χ4v) is 4.10. The molecule has 6 rings (SSSR count). The van der Waals surface area contributed by atoms with E-state index >= 15 is 0 Å². The fraction of sp³-hybridized carbons (Fsp3) is 0.263. The van der Waals surface area contributed by atoms with Crippen LogP contribution in [0, 0.1) is 0 Å². The number of anilines is 1. The Hall–Kier alpha value is -3.02. The van der Waals surface area contributed by atoms with Gasteiger partial charge in [0.2, 0.25) is 0 Å². The Balaban J connectivity index is 1.94. The van der Waals surface area contributed by atoms with Crippen molar-refractivity contribution in [2.75, 3.05) is 18.0 Å². The fourth-order valence-electron chi connectivity index (χ4n) is 4.10. The lowest BCUT2D eigenvalue weighted by atomic mass is 9.84. The van der Waals surface area contributed by atoms with Crippen LogP contribution in [0.3, 0.4) is 0 Å². The number of hydrogen-bond donors (Lipinski definition) is 1. The summed E-state index contributed by atoms with van der Waals surface area (Å²) in [6.45, 7) is 1.84. The Morgan fingerprint density at radius 1 is 0.960 bits per heavy atom. The maximum atomic E-state index is 12.6. The number of piperidine rings is 1. The summed E-state index contributed by atoms with van der Waals surface area (Å²) in [6, 6.07) is 1.93. The zero-order chi connectivity index (χ0) is 17.1. The summed E-state index contributed by atoms with van der Waals surface area (Å²) in [5.41, 5.74) is 2.57. The van der Waals surface area contributed by atoms with E-state index in [0.29, 0.717) is 32.9 Å². The Labute approximate surface area is 142 Å². The molecule has 1 saturated heterocycles. The van der Waals surface area contributed by atoms with Crippen molar-refractivity contribution >= 4 is 39.1 Å². The molecular weight excluding hydrogens is 318 g/mol. The largest absolute Gasteiger partial charge is 0.371 e. The molecule has 3 aromatic carbocycles. The third-order valence-corrected chi connectivity index (χ3v) is 5.18. The van der Waals surface area contributed by atoms with Crippen molar-refractivity contribution in [3.63, 3.8) is 0 Å². The molecule has 0 atom stereocenters. The second-order valence-electron chi connectivity index (χ2n) is 6.65. The first-order valence-corrected chi connectivity index (χ1v) is 8.48. The van der Waals surface area contributed by atoms with Crippen LogP contribution in [0.25, 0.3) is 21.8 Å². The van der Waals surface area contributed by atoms with Crippen molar-refractivity contribution in [1.82, 2.24) is 9.97 Å². The van der Waals surface area contributed by atoms with Gasteiger partial charge in [-0.2, -0.15) is 0 Å². The van der Waals surface area contributed by atoms with Gasteiger partial charge in [-0.3, -0.25) is 14.4 Å². The van der Waals surface area contributed by atoms with Crippen molar-refractivity contribution in [1.29, 1.82) is 0 Å². The van der Waals surface area contributed by atoms with Crippen LogP contribution in [0.1, 0.15) is 40.0 Å². The maximum absolute atomic E-state index is 12.6. The summed E-state index contributed by atoms with van der Waals surface area (Å²) in [7, 11) is 0. The van der Waals surface area contributed by atoms with Crippen LogP contribution in [0.5, 0.6) is 0 Å². The number of nitrogens with one attached hydrogen (secondary N) is 1. The monoisotopic (exact) mass is 333 g/mol. The van der Waals surface area contributed by atoms with Crippen LogP contribution in [0.15, 0.2) is 29.2 Å².